The number of hydrogen-bond donors (Lipinski definition) is 2. The second kappa shape index (κ2) is 5.35. The van der Waals surface area contributed by atoms with Crippen molar-refractivity contribution in [2.45, 2.75) is 26.8 Å². The van der Waals surface area contributed by atoms with Crippen LogP contribution >= 0.6 is 0 Å². The Balaban J connectivity index is 2.76. The Morgan fingerprint density at radius 2 is 2.17 bits per heavy atom. The van der Waals surface area contributed by atoms with E-state index in [1.165, 1.54) is 6.07 Å². The molecule has 0 spiro atoms. The van der Waals surface area contributed by atoms with E-state index in [9.17, 15) is 9.18 Å². The Morgan fingerprint density at radius 1 is 1.56 bits per heavy atom. The molecule has 0 saturated heterocycles. The second-order valence-corrected chi connectivity index (χ2v) is 4.95. The van der Waals surface area contributed by atoms with E-state index in [0.717, 1.165) is 0 Å². The molecule has 4 nitrogen and oxygen atoms in total. The molecule has 3 N–H and O–H groups in total. The topological polar surface area (TPSA) is 72.5 Å². The molecule has 1 rings (SSSR count). The number of aliphatic carboxylic acids is 1. The van der Waals surface area contributed by atoms with Crippen LogP contribution in [-0.2, 0) is 4.79 Å². The number of ether oxygens (including phenoxy) is 1. The molecule has 5 heteroatoms. The van der Waals surface area contributed by atoms with Crippen LogP contribution in [0.2, 0.25) is 0 Å². The molecular weight excluding hydrogens is 237 g/mol. The molecule has 0 aromatic heterocycles. The maximum absolute atomic E-state index is 13.6. The fourth-order valence-corrected chi connectivity index (χ4v) is 1.29. The van der Waals surface area contributed by atoms with Crippen molar-refractivity contribution < 1.29 is 19.0 Å². The third-order valence-corrected chi connectivity index (χ3v) is 2.64. The number of benzene rings is 1. The third kappa shape index (κ3) is 3.43. The van der Waals surface area contributed by atoms with Gasteiger partial charge in [-0.05, 0) is 26.8 Å². The summed E-state index contributed by atoms with van der Waals surface area (Å²) in [6.07, 6.45) is 0. The number of nitrogens with two attached hydrogens (primary N) is 1. The average molecular weight is 255 g/mol. The van der Waals surface area contributed by atoms with E-state index in [1.54, 1.807) is 32.9 Å². The number of carbonyl (C=O) groups is 1. The second-order valence-electron chi connectivity index (χ2n) is 4.95. The number of rotatable bonds is 5. The van der Waals surface area contributed by atoms with Gasteiger partial charge in [0.05, 0.1) is 5.41 Å². The SMILES string of the molecule is C[C@H](N)c1ccc(OCC(C)(C)C(=O)O)cc1F. The Hall–Kier alpha value is -1.62. The third-order valence-electron chi connectivity index (χ3n) is 2.64. The van der Waals surface area contributed by atoms with Gasteiger partial charge in [-0.1, -0.05) is 6.07 Å². The van der Waals surface area contributed by atoms with E-state index in [1.807, 2.05) is 0 Å². The lowest BCUT2D eigenvalue weighted by Gasteiger charge is -2.19. The van der Waals surface area contributed by atoms with Crippen LogP contribution in [0.25, 0.3) is 0 Å². The summed E-state index contributed by atoms with van der Waals surface area (Å²) in [5.74, 6) is -1.11. The molecule has 0 radical (unpaired) electrons. The summed E-state index contributed by atoms with van der Waals surface area (Å²) in [6.45, 7) is 4.75. The summed E-state index contributed by atoms with van der Waals surface area (Å²) in [6, 6.07) is 3.95. The summed E-state index contributed by atoms with van der Waals surface area (Å²) in [5.41, 5.74) is 4.97. The predicted molar refractivity (Wildman–Crippen MR) is 65.9 cm³/mol. The number of carboxylic acids is 1. The molecule has 0 saturated carbocycles. The zero-order chi connectivity index (χ0) is 13.9. The monoisotopic (exact) mass is 255 g/mol. The van der Waals surface area contributed by atoms with Gasteiger partial charge in [0.15, 0.2) is 0 Å². The van der Waals surface area contributed by atoms with Crippen LogP contribution < -0.4 is 10.5 Å². The largest absolute Gasteiger partial charge is 0.492 e. The molecule has 0 heterocycles. The highest BCUT2D eigenvalue weighted by Gasteiger charge is 2.28. The van der Waals surface area contributed by atoms with Crippen LogP contribution in [0.4, 0.5) is 4.39 Å². The highest BCUT2D eigenvalue weighted by molar-refractivity contribution is 5.73. The van der Waals surface area contributed by atoms with Gasteiger partial charge in [-0.2, -0.15) is 0 Å². The minimum Gasteiger partial charge on any atom is -0.492 e. The summed E-state index contributed by atoms with van der Waals surface area (Å²) >= 11 is 0. The number of carboxylic acid groups (broad SMARTS) is 1. The summed E-state index contributed by atoms with van der Waals surface area (Å²) in [5, 5.41) is 8.92. The normalized spacial score (nSPS) is 13.2. The van der Waals surface area contributed by atoms with Crippen LogP contribution in [0.15, 0.2) is 18.2 Å². The molecule has 0 amide bonds. The van der Waals surface area contributed by atoms with Gasteiger partial charge in [0.25, 0.3) is 0 Å². The van der Waals surface area contributed by atoms with Crippen molar-refractivity contribution in [3.05, 3.63) is 29.6 Å². The molecule has 1 aromatic carbocycles. The molecule has 0 fully saturated rings. The Bertz CT molecular complexity index is 444. The van der Waals surface area contributed by atoms with E-state index < -0.39 is 23.2 Å². The molecule has 1 aromatic rings. The lowest BCUT2D eigenvalue weighted by Crippen LogP contribution is -2.30. The maximum Gasteiger partial charge on any atom is 0.312 e. The summed E-state index contributed by atoms with van der Waals surface area (Å²) in [4.78, 5) is 10.9. The Morgan fingerprint density at radius 3 is 2.61 bits per heavy atom. The number of halogens is 1. The molecule has 1 atom stereocenters. The Kier molecular flexibility index (Phi) is 4.29. The van der Waals surface area contributed by atoms with Gasteiger partial charge in [-0.25, -0.2) is 4.39 Å². The van der Waals surface area contributed by atoms with E-state index in [-0.39, 0.29) is 6.61 Å². The summed E-state index contributed by atoms with van der Waals surface area (Å²) in [7, 11) is 0. The van der Waals surface area contributed by atoms with Gasteiger partial charge in [0, 0.05) is 17.7 Å². The van der Waals surface area contributed by atoms with Crippen molar-refractivity contribution in [2.75, 3.05) is 6.61 Å². The number of hydrogen-bond acceptors (Lipinski definition) is 3. The smallest absolute Gasteiger partial charge is 0.312 e. The van der Waals surface area contributed by atoms with E-state index in [2.05, 4.69) is 0 Å². The summed E-state index contributed by atoms with van der Waals surface area (Å²) < 4.78 is 18.9. The minimum atomic E-state index is -1.02. The first-order valence-electron chi connectivity index (χ1n) is 5.65. The van der Waals surface area contributed by atoms with Crippen molar-refractivity contribution in [1.29, 1.82) is 0 Å². The maximum atomic E-state index is 13.6. The van der Waals surface area contributed by atoms with Gasteiger partial charge in [-0.15, -0.1) is 0 Å². The van der Waals surface area contributed by atoms with Gasteiger partial charge in [0.2, 0.25) is 0 Å². The van der Waals surface area contributed by atoms with E-state index >= 15 is 0 Å². The molecule has 18 heavy (non-hydrogen) atoms. The van der Waals surface area contributed by atoms with Crippen molar-refractivity contribution in [3.8, 4) is 5.75 Å². The lowest BCUT2D eigenvalue weighted by atomic mass is 9.95. The van der Waals surface area contributed by atoms with Gasteiger partial charge < -0.3 is 15.6 Å². The average Bonchev–Trinajstić information content (AvgIpc) is 2.25. The van der Waals surface area contributed by atoms with E-state index in [4.69, 9.17) is 15.6 Å². The first-order valence-corrected chi connectivity index (χ1v) is 5.65. The van der Waals surface area contributed by atoms with Gasteiger partial charge >= 0.3 is 5.97 Å². The fourth-order valence-electron chi connectivity index (χ4n) is 1.29. The zero-order valence-electron chi connectivity index (χ0n) is 10.7. The van der Waals surface area contributed by atoms with Gasteiger partial charge in [-0.3, -0.25) is 4.79 Å². The highest BCUT2D eigenvalue weighted by Crippen LogP contribution is 2.23. The standard InChI is InChI=1S/C13H18FNO3/c1-8(15)10-5-4-9(6-11(10)14)18-7-13(2,3)12(16)17/h4-6,8H,7,15H2,1-3H3,(H,16,17)/t8-/m0/s1. The minimum absolute atomic E-state index is 0.0285. The van der Waals surface area contributed by atoms with Crippen molar-refractivity contribution in [1.82, 2.24) is 0 Å². The highest BCUT2D eigenvalue weighted by atomic mass is 19.1. The Labute approximate surface area is 106 Å². The van der Waals surface area contributed by atoms with Crippen LogP contribution in [0, 0.1) is 11.2 Å². The van der Waals surface area contributed by atoms with Crippen LogP contribution in [0.5, 0.6) is 5.75 Å². The predicted octanol–water partition coefficient (Wildman–Crippen LogP) is 2.33. The fraction of sp³-hybridized carbons (Fsp3) is 0.462. The molecule has 0 unspecified atom stereocenters. The molecule has 0 aliphatic rings. The quantitative estimate of drug-likeness (QED) is 0.847. The molecule has 0 aliphatic carbocycles. The van der Waals surface area contributed by atoms with Crippen LogP contribution in [0.1, 0.15) is 32.4 Å². The van der Waals surface area contributed by atoms with Crippen molar-refractivity contribution >= 4 is 5.97 Å². The van der Waals surface area contributed by atoms with Gasteiger partial charge in [0.1, 0.15) is 18.2 Å². The van der Waals surface area contributed by atoms with E-state index in [0.29, 0.717) is 11.3 Å². The lowest BCUT2D eigenvalue weighted by molar-refractivity contribution is -0.148. The molecule has 0 aliphatic heterocycles. The van der Waals surface area contributed by atoms with Crippen molar-refractivity contribution in [2.24, 2.45) is 11.1 Å². The van der Waals surface area contributed by atoms with Crippen molar-refractivity contribution in [3.63, 3.8) is 0 Å². The molecule has 0 bridgehead atoms. The van der Waals surface area contributed by atoms with Crippen LogP contribution in [0.3, 0.4) is 0 Å². The first kappa shape index (κ1) is 14.4. The zero-order valence-corrected chi connectivity index (χ0v) is 10.7. The first-order chi connectivity index (χ1) is 8.24. The molecule has 100 valence electrons. The molecular formula is C13H18FNO3. The van der Waals surface area contributed by atoms with Crippen LogP contribution in [-0.4, -0.2) is 17.7 Å².